The summed E-state index contributed by atoms with van der Waals surface area (Å²) >= 11 is 0. The zero-order valence-electron chi connectivity index (χ0n) is 6.81. The van der Waals surface area contributed by atoms with Gasteiger partial charge in [0.2, 0.25) is 0 Å². The van der Waals surface area contributed by atoms with Gasteiger partial charge in [0.25, 0.3) is 0 Å². The predicted molar refractivity (Wildman–Crippen MR) is 50.1 cm³/mol. The van der Waals surface area contributed by atoms with E-state index in [0.717, 1.165) is 5.92 Å². The Labute approximate surface area is 66.5 Å². The van der Waals surface area contributed by atoms with Crippen LogP contribution in [0.3, 0.4) is 0 Å². The van der Waals surface area contributed by atoms with Crippen molar-refractivity contribution in [2.45, 2.75) is 38.1 Å². The van der Waals surface area contributed by atoms with Gasteiger partial charge in [0.05, 0.1) is 0 Å². The Morgan fingerprint density at radius 2 is 2.00 bits per heavy atom. The van der Waals surface area contributed by atoms with E-state index in [2.05, 4.69) is 12.3 Å². The molecule has 10 heavy (non-hydrogen) atoms. The fourth-order valence-electron chi connectivity index (χ4n) is 1.83. The van der Waals surface area contributed by atoms with Gasteiger partial charge in [0.1, 0.15) is 0 Å². The molecule has 1 aliphatic rings. The van der Waals surface area contributed by atoms with Crippen LogP contribution < -0.4 is 0 Å². The van der Waals surface area contributed by atoms with Gasteiger partial charge in [-0.25, -0.2) is 0 Å². The van der Waals surface area contributed by atoms with Gasteiger partial charge in [-0.3, -0.25) is 0 Å². The quantitative estimate of drug-likeness (QED) is 0.547. The van der Waals surface area contributed by atoms with Gasteiger partial charge in [-0.05, 0) is 5.92 Å². The second-order valence-electron chi connectivity index (χ2n) is 3.37. The van der Waals surface area contributed by atoms with Gasteiger partial charge in [-0.15, -0.1) is 12.3 Å². The van der Waals surface area contributed by atoms with Crippen LogP contribution in [0.2, 0.25) is 6.04 Å². The highest BCUT2D eigenvalue weighted by Gasteiger charge is 2.11. The third-order valence-electron chi connectivity index (χ3n) is 2.50. The van der Waals surface area contributed by atoms with E-state index >= 15 is 0 Å². The Hall–Kier alpha value is -0.0431. The fraction of sp³-hybridized carbons (Fsp3) is 0.778. The summed E-state index contributed by atoms with van der Waals surface area (Å²) < 4.78 is 0. The van der Waals surface area contributed by atoms with Crippen LogP contribution in [0, 0.1) is 5.92 Å². The lowest BCUT2D eigenvalue weighted by atomic mass is 9.91. The van der Waals surface area contributed by atoms with E-state index in [0.29, 0.717) is 0 Å². The van der Waals surface area contributed by atoms with Gasteiger partial charge in [-0.2, -0.15) is 0 Å². The van der Waals surface area contributed by atoms with Crippen molar-refractivity contribution in [2.24, 2.45) is 5.92 Å². The Balaban J connectivity index is 2.07. The number of hydrogen-bond acceptors (Lipinski definition) is 0. The second kappa shape index (κ2) is 4.72. The van der Waals surface area contributed by atoms with Crippen LogP contribution in [0.1, 0.15) is 32.1 Å². The lowest BCUT2D eigenvalue weighted by molar-refractivity contribution is 0.385. The van der Waals surface area contributed by atoms with E-state index in [-0.39, 0.29) is 9.52 Å². The molecule has 0 spiro atoms. The maximum Gasteiger partial charge on any atom is 0.0449 e. The summed E-state index contributed by atoms with van der Waals surface area (Å²) in [5.41, 5.74) is 2.19. The highest BCUT2D eigenvalue weighted by atomic mass is 28.2. The molecule has 0 atom stereocenters. The zero-order chi connectivity index (χ0) is 7.23. The molecule has 1 aliphatic carbocycles. The standard InChI is InChI=1S/C9H18Si/c1-2-10-8-9-6-4-3-5-7-9/h2,9H,1,3-8,10H2. The van der Waals surface area contributed by atoms with Crippen LogP contribution in [0.25, 0.3) is 0 Å². The van der Waals surface area contributed by atoms with Crippen LogP contribution in [0.4, 0.5) is 0 Å². The topological polar surface area (TPSA) is 0 Å². The molecule has 0 heterocycles. The average Bonchev–Trinajstić information content (AvgIpc) is 2.03. The van der Waals surface area contributed by atoms with Crippen LogP contribution in [0.15, 0.2) is 12.3 Å². The first-order valence-corrected chi connectivity index (χ1v) is 6.36. The summed E-state index contributed by atoms with van der Waals surface area (Å²) in [6.45, 7) is 3.81. The summed E-state index contributed by atoms with van der Waals surface area (Å²) in [6, 6.07) is 1.53. The fourth-order valence-corrected chi connectivity index (χ4v) is 3.11. The molecule has 1 saturated carbocycles. The van der Waals surface area contributed by atoms with Crippen molar-refractivity contribution in [1.29, 1.82) is 0 Å². The highest BCUT2D eigenvalue weighted by molar-refractivity contribution is 6.41. The van der Waals surface area contributed by atoms with E-state index < -0.39 is 0 Å². The molecule has 1 rings (SSSR count). The van der Waals surface area contributed by atoms with Gasteiger partial charge in [-0.1, -0.05) is 38.1 Å². The van der Waals surface area contributed by atoms with E-state index in [1.807, 2.05) is 0 Å². The molecule has 0 radical (unpaired) electrons. The minimum Gasteiger partial charge on any atom is -0.109 e. The highest BCUT2D eigenvalue weighted by Crippen LogP contribution is 2.26. The van der Waals surface area contributed by atoms with Crippen molar-refractivity contribution in [3.05, 3.63) is 12.3 Å². The van der Waals surface area contributed by atoms with Gasteiger partial charge in [0.15, 0.2) is 0 Å². The Kier molecular flexibility index (Phi) is 3.81. The largest absolute Gasteiger partial charge is 0.109 e. The third kappa shape index (κ3) is 2.69. The number of rotatable bonds is 3. The Morgan fingerprint density at radius 3 is 2.60 bits per heavy atom. The zero-order valence-corrected chi connectivity index (χ0v) is 8.23. The van der Waals surface area contributed by atoms with Crippen molar-refractivity contribution in [2.75, 3.05) is 0 Å². The van der Waals surface area contributed by atoms with E-state index in [4.69, 9.17) is 0 Å². The molecule has 0 bridgehead atoms. The summed E-state index contributed by atoms with van der Waals surface area (Å²) in [5, 5.41) is 0. The van der Waals surface area contributed by atoms with Crippen molar-refractivity contribution in [1.82, 2.24) is 0 Å². The van der Waals surface area contributed by atoms with E-state index in [1.54, 1.807) is 0 Å². The molecule has 0 N–H and O–H groups in total. The Morgan fingerprint density at radius 1 is 1.30 bits per heavy atom. The first-order chi connectivity index (χ1) is 4.93. The molecule has 0 nitrogen and oxygen atoms in total. The van der Waals surface area contributed by atoms with Crippen molar-refractivity contribution < 1.29 is 0 Å². The summed E-state index contributed by atoms with van der Waals surface area (Å²) in [5.74, 6) is 1.10. The molecule has 1 fully saturated rings. The molecule has 0 unspecified atom stereocenters. The molecule has 0 amide bonds. The number of hydrogen-bond donors (Lipinski definition) is 0. The van der Waals surface area contributed by atoms with E-state index in [9.17, 15) is 0 Å². The van der Waals surface area contributed by atoms with Gasteiger partial charge >= 0.3 is 0 Å². The molecule has 58 valence electrons. The Bertz CT molecular complexity index is 92.9. The maximum atomic E-state index is 3.81. The molecular formula is C9H18Si. The van der Waals surface area contributed by atoms with Crippen LogP contribution in [0.5, 0.6) is 0 Å². The van der Waals surface area contributed by atoms with E-state index in [1.165, 1.54) is 38.1 Å². The van der Waals surface area contributed by atoms with Crippen molar-refractivity contribution in [3.63, 3.8) is 0 Å². The predicted octanol–water partition coefficient (Wildman–Crippen LogP) is 2.30. The molecule has 1 heteroatoms. The minimum atomic E-state index is 0.141. The summed E-state index contributed by atoms with van der Waals surface area (Å²) in [6.07, 6.45) is 7.51. The lowest BCUT2D eigenvalue weighted by Crippen LogP contribution is -2.07. The van der Waals surface area contributed by atoms with Crippen LogP contribution in [-0.2, 0) is 0 Å². The maximum absolute atomic E-state index is 3.81. The molecule has 0 aliphatic heterocycles. The SMILES string of the molecule is C=C[SiH2]CC1CCCCC1. The van der Waals surface area contributed by atoms with Crippen molar-refractivity contribution in [3.8, 4) is 0 Å². The third-order valence-corrected chi connectivity index (χ3v) is 4.06. The first kappa shape index (κ1) is 8.06. The van der Waals surface area contributed by atoms with Crippen LogP contribution in [-0.4, -0.2) is 9.52 Å². The van der Waals surface area contributed by atoms with Gasteiger partial charge < -0.3 is 0 Å². The average molecular weight is 154 g/mol. The molecule has 0 aromatic carbocycles. The van der Waals surface area contributed by atoms with Crippen LogP contribution >= 0.6 is 0 Å². The molecule has 0 aromatic rings. The molecular weight excluding hydrogens is 136 g/mol. The molecule has 0 aromatic heterocycles. The summed E-state index contributed by atoms with van der Waals surface area (Å²) in [7, 11) is 0.141. The monoisotopic (exact) mass is 154 g/mol. The smallest absolute Gasteiger partial charge is 0.0449 e. The van der Waals surface area contributed by atoms with Crippen molar-refractivity contribution >= 4 is 9.52 Å². The summed E-state index contributed by atoms with van der Waals surface area (Å²) in [4.78, 5) is 0. The second-order valence-corrected chi connectivity index (χ2v) is 5.10. The molecule has 0 saturated heterocycles. The first-order valence-electron chi connectivity index (χ1n) is 4.54. The minimum absolute atomic E-state index is 0.141. The van der Waals surface area contributed by atoms with Gasteiger partial charge in [0, 0.05) is 9.52 Å². The normalized spacial score (nSPS) is 22.0. The lowest BCUT2D eigenvalue weighted by Gasteiger charge is -2.20.